The molecule has 2 aromatic rings. The molecule has 124 valence electrons. The Morgan fingerprint density at radius 1 is 1.26 bits per heavy atom. The van der Waals surface area contributed by atoms with Crippen molar-refractivity contribution in [3.8, 4) is 5.75 Å². The second-order valence-corrected chi connectivity index (χ2v) is 7.79. The van der Waals surface area contributed by atoms with Crippen LogP contribution in [-0.4, -0.2) is 25.8 Å². The first-order valence-corrected chi connectivity index (χ1v) is 9.12. The topological polar surface area (TPSA) is 70.3 Å². The largest absolute Gasteiger partial charge is 1.00 e. The Morgan fingerprint density at radius 2 is 1.91 bits per heavy atom. The first-order valence-electron chi connectivity index (χ1n) is 6.73. The number of rotatable bonds is 6. The zero-order chi connectivity index (χ0) is 15.6. The van der Waals surface area contributed by atoms with Gasteiger partial charge in [-0.15, -0.1) is 0 Å². The number of hydrogen-bond acceptors (Lipinski definition) is 5. The van der Waals surface area contributed by atoms with Gasteiger partial charge in [0.15, 0.2) is 0 Å². The molecule has 0 amide bonds. The molecular weight excluding hydrogens is 369 g/mol. The minimum Gasteiger partial charge on any atom is -1.00 e. The first-order chi connectivity index (χ1) is 9.81. The summed E-state index contributed by atoms with van der Waals surface area (Å²) in [4.78, 5) is 0. The molecule has 0 atom stereocenters. The Balaban J connectivity index is 0.00000242. The van der Waals surface area contributed by atoms with Gasteiger partial charge in [0.05, 0.1) is 17.2 Å². The van der Waals surface area contributed by atoms with Crippen LogP contribution in [0.5, 0.6) is 5.75 Å². The molecule has 5 nitrogen and oxygen atoms in total. The van der Waals surface area contributed by atoms with E-state index in [9.17, 15) is 13.0 Å². The third-order valence-electron chi connectivity index (χ3n) is 3.43. The summed E-state index contributed by atoms with van der Waals surface area (Å²) in [5.74, 6) is 0.579. The molecule has 9 heteroatoms. The van der Waals surface area contributed by atoms with Crippen molar-refractivity contribution in [3.05, 3.63) is 22.7 Å². The standard InChI is InChI=1S/C14H19NO4S2.ClH.Na/c1-10-8-12-14(9-13(10)19-3)20-11(2)15(12)6-4-5-7-21(16,17)18;;/h8-9H,4-7H2,1-3H3;1H;/q;;+1/p-1. The Bertz CT molecular complexity index is 762. The summed E-state index contributed by atoms with van der Waals surface area (Å²) in [6.45, 7) is 4.75. The number of aryl methyl sites for hydroxylation is 3. The number of nitrogens with zero attached hydrogens (tertiary/aromatic N) is 1. The van der Waals surface area contributed by atoms with Crippen LogP contribution in [0.25, 0.3) is 10.2 Å². The average Bonchev–Trinajstić information content (AvgIpc) is 2.68. The average molecular weight is 388 g/mol. The molecule has 0 aliphatic heterocycles. The maximum Gasteiger partial charge on any atom is 1.00 e. The van der Waals surface area contributed by atoms with Gasteiger partial charge in [-0.1, -0.05) is 11.3 Å². The first kappa shape index (κ1) is 23.1. The van der Waals surface area contributed by atoms with Crippen molar-refractivity contribution in [2.75, 3.05) is 12.9 Å². The fraction of sp³-hybridized carbons (Fsp3) is 0.500. The maximum atomic E-state index is 10.6. The van der Waals surface area contributed by atoms with Gasteiger partial charge in [-0.2, -0.15) is 4.57 Å². The molecule has 0 unspecified atom stereocenters. The van der Waals surface area contributed by atoms with E-state index in [0.29, 0.717) is 19.4 Å². The Hall–Kier alpha value is 0.110. The number of hydrogen-bond donors (Lipinski definition) is 0. The van der Waals surface area contributed by atoms with E-state index in [1.165, 1.54) is 0 Å². The molecular formula is C14H19ClNNaO4S2. The van der Waals surface area contributed by atoms with Crippen molar-refractivity contribution in [2.24, 2.45) is 0 Å². The molecule has 0 fully saturated rings. The van der Waals surface area contributed by atoms with E-state index in [0.717, 1.165) is 26.5 Å². The molecule has 0 bridgehead atoms. The number of ether oxygens (including phenoxy) is 1. The summed E-state index contributed by atoms with van der Waals surface area (Å²) < 4.78 is 40.5. The summed E-state index contributed by atoms with van der Waals surface area (Å²) in [5.41, 5.74) is 2.19. The smallest absolute Gasteiger partial charge is 1.00 e. The second kappa shape index (κ2) is 9.56. The summed E-state index contributed by atoms with van der Waals surface area (Å²) in [6.07, 6.45) is 1.06. The SMILES string of the molecule is COc1cc2sc(C)[n+](CCCCS(=O)(=O)[O-])c2cc1C.[Cl-].[Na+]. The van der Waals surface area contributed by atoms with Crippen molar-refractivity contribution in [1.82, 2.24) is 0 Å². The van der Waals surface area contributed by atoms with Gasteiger partial charge in [0, 0.05) is 31.2 Å². The Labute approximate surface area is 169 Å². The van der Waals surface area contributed by atoms with E-state index in [1.54, 1.807) is 18.4 Å². The van der Waals surface area contributed by atoms with Crippen molar-refractivity contribution >= 4 is 31.7 Å². The van der Waals surface area contributed by atoms with Gasteiger partial charge in [-0.3, -0.25) is 0 Å². The molecule has 0 N–H and O–H groups in total. The van der Waals surface area contributed by atoms with Gasteiger partial charge in [-0.25, -0.2) is 8.42 Å². The Kier molecular flexibility index (Phi) is 9.60. The van der Waals surface area contributed by atoms with E-state index >= 15 is 0 Å². The molecule has 1 heterocycles. The number of aromatic nitrogens is 1. The molecule has 0 saturated heterocycles. The molecule has 23 heavy (non-hydrogen) atoms. The zero-order valence-electron chi connectivity index (χ0n) is 13.8. The number of benzene rings is 1. The summed E-state index contributed by atoms with van der Waals surface area (Å²) in [5, 5.41) is 1.16. The van der Waals surface area contributed by atoms with Crippen LogP contribution in [-0.2, 0) is 16.7 Å². The predicted molar refractivity (Wildman–Crippen MR) is 81.8 cm³/mol. The number of unbranched alkanes of at least 4 members (excludes halogenated alkanes) is 1. The van der Waals surface area contributed by atoms with Gasteiger partial charge in [0.25, 0.3) is 0 Å². The number of fused-ring (bicyclic) bond motifs is 1. The van der Waals surface area contributed by atoms with Gasteiger partial charge in [-0.05, 0) is 18.9 Å². The summed E-state index contributed by atoms with van der Waals surface area (Å²) >= 11 is 1.68. The minimum absolute atomic E-state index is 0. The molecule has 0 saturated carbocycles. The zero-order valence-corrected chi connectivity index (χ0v) is 18.1. The van der Waals surface area contributed by atoms with Gasteiger partial charge in [0.1, 0.15) is 17.0 Å². The maximum absolute atomic E-state index is 10.6. The van der Waals surface area contributed by atoms with E-state index in [1.807, 2.05) is 19.9 Å². The number of halogens is 1. The van der Waals surface area contributed by atoms with Crippen LogP contribution in [0.3, 0.4) is 0 Å². The van der Waals surface area contributed by atoms with Crippen molar-refractivity contribution < 1.29 is 64.2 Å². The van der Waals surface area contributed by atoms with Crippen LogP contribution in [0.15, 0.2) is 12.1 Å². The molecule has 1 aromatic heterocycles. The molecule has 1 aromatic carbocycles. The molecule has 2 rings (SSSR count). The van der Waals surface area contributed by atoms with Crippen LogP contribution in [0, 0.1) is 13.8 Å². The van der Waals surface area contributed by atoms with E-state index in [-0.39, 0.29) is 47.7 Å². The van der Waals surface area contributed by atoms with Gasteiger partial charge < -0.3 is 21.7 Å². The molecule has 0 radical (unpaired) electrons. The Morgan fingerprint density at radius 3 is 2.48 bits per heavy atom. The van der Waals surface area contributed by atoms with Crippen LogP contribution in [0.2, 0.25) is 0 Å². The second-order valence-electron chi connectivity index (χ2n) is 5.03. The molecule has 0 aliphatic carbocycles. The number of thiazole rings is 1. The predicted octanol–water partition coefficient (Wildman–Crippen LogP) is -3.85. The van der Waals surface area contributed by atoms with Crippen molar-refractivity contribution in [3.63, 3.8) is 0 Å². The third kappa shape index (κ3) is 6.16. The quantitative estimate of drug-likeness (QED) is 0.220. The molecule has 0 aliphatic rings. The van der Waals surface area contributed by atoms with E-state index in [4.69, 9.17) is 4.74 Å². The van der Waals surface area contributed by atoms with Crippen LogP contribution < -0.4 is 51.3 Å². The van der Waals surface area contributed by atoms with E-state index in [2.05, 4.69) is 10.6 Å². The van der Waals surface area contributed by atoms with Crippen LogP contribution in [0.1, 0.15) is 23.4 Å². The van der Waals surface area contributed by atoms with Crippen molar-refractivity contribution in [2.45, 2.75) is 33.2 Å². The van der Waals surface area contributed by atoms with Crippen LogP contribution >= 0.6 is 11.3 Å². The fourth-order valence-corrected chi connectivity index (χ4v) is 3.99. The molecule has 0 spiro atoms. The summed E-state index contributed by atoms with van der Waals surface area (Å²) in [6, 6.07) is 4.11. The fourth-order valence-electron chi connectivity index (χ4n) is 2.38. The summed E-state index contributed by atoms with van der Waals surface area (Å²) in [7, 11) is -2.45. The van der Waals surface area contributed by atoms with E-state index < -0.39 is 10.1 Å². The van der Waals surface area contributed by atoms with Gasteiger partial charge >= 0.3 is 29.6 Å². The normalized spacial score (nSPS) is 11.0. The van der Waals surface area contributed by atoms with Crippen molar-refractivity contribution in [1.29, 1.82) is 0 Å². The van der Waals surface area contributed by atoms with Crippen LogP contribution in [0.4, 0.5) is 0 Å². The minimum atomic E-state index is -4.11. The number of methoxy groups -OCH3 is 1. The van der Waals surface area contributed by atoms with Gasteiger partial charge in [0.2, 0.25) is 10.5 Å². The monoisotopic (exact) mass is 387 g/mol. The third-order valence-corrected chi connectivity index (χ3v) is 5.28.